The molecule has 0 aliphatic heterocycles. The van der Waals surface area contributed by atoms with Crippen LogP contribution in [0.1, 0.15) is 39.5 Å². The summed E-state index contributed by atoms with van der Waals surface area (Å²) in [4.78, 5) is 0. The number of hydrogen-bond acceptors (Lipinski definition) is 0. The first-order valence-electron chi connectivity index (χ1n) is 3.26. The molecule has 0 aliphatic carbocycles. The minimum atomic E-state index is 1.27. The second-order valence-corrected chi connectivity index (χ2v) is 3.62. The van der Waals surface area contributed by atoms with Crippen LogP contribution in [0.2, 0.25) is 0 Å². The van der Waals surface area contributed by atoms with E-state index in [1.807, 2.05) is 0 Å². The fraction of sp³-hybridized carbons (Fsp3) is 0.857. The monoisotopic (exact) mass is 178 g/mol. The van der Waals surface area contributed by atoms with Gasteiger partial charge in [-0.25, -0.2) is 0 Å². The van der Waals surface area contributed by atoms with Crippen LogP contribution in [0.15, 0.2) is 0 Å². The van der Waals surface area contributed by atoms with E-state index in [2.05, 4.69) is 29.4 Å². The average molecular weight is 177 g/mol. The number of rotatable bonds is 4. The normalized spacial score (nSPS) is 9.25. The second kappa shape index (κ2) is 5.52. The standard InChI is InChI=1S/C7H14Se/c1-3-4-5-6-7(2)8/h3-6H2,1-2H3. The van der Waals surface area contributed by atoms with Gasteiger partial charge in [0, 0.05) is 0 Å². The summed E-state index contributed by atoms with van der Waals surface area (Å²) in [7, 11) is 0. The van der Waals surface area contributed by atoms with Crippen LogP contribution in [0.3, 0.4) is 0 Å². The van der Waals surface area contributed by atoms with Gasteiger partial charge in [0.05, 0.1) is 0 Å². The van der Waals surface area contributed by atoms with E-state index in [9.17, 15) is 0 Å². The summed E-state index contributed by atoms with van der Waals surface area (Å²) in [6, 6.07) is 0. The molecule has 0 rings (SSSR count). The molecule has 0 aromatic rings. The van der Waals surface area contributed by atoms with Crippen molar-refractivity contribution in [2.24, 2.45) is 0 Å². The van der Waals surface area contributed by atoms with E-state index < -0.39 is 0 Å². The van der Waals surface area contributed by atoms with E-state index in [0.29, 0.717) is 0 Å². The zero-order valence-electron chi connectivity index (χ0n) is 5.74. The summed E-state index contributed by atoms with van der Waals surface area (Å²) in [5.74, 6) is 0. The minimum absolute atomic E-state index is 1.27. The molecule has 0 aliphatic rings. The Morgan fingerprint density at radius 3 is 2.38 bits per heavy atom. The molecule has 0 unspecified atom stereocenters. The summed E-state index contributed by atoms with van der Waals surface area (Å²) in [6.45, 7) is 4.38. The third-order valence-electron chi connectivity index (χ3n) is 1.13. The van der Waals surface area contributed by atoms with Crippen LogP contribution in [0, 0.1) is 0 Å². The molecular formula is C7H14Se. The number of unbranched alkanes of at least 4 members (excludes halogenated alkanes) is 2. The molecule has 0 amide bonds. The first-order valence-corrected chi connectivity index (χ1v) is 4.12. The second-order valence-electron chi connectivity index (χ2n) is 2.16. The quantitative estimate of drug-likeness (QED) is 0.454. The third-order valence-corrected chi connectivity index (χ3v) is 1.56. The van der Waals surface area contributed by atoms with Gasteiger partial charge in [-0.2, -0.15) is 0 Å². The Balaban J connectivity index is 2.82. The van der Waals surface area contributed by atoms with Gasteiger partial charge in [0.15, 0.2) is 0 Å². The van der Waals surface area contributed by atoms with Crippen LogP contribution in [-0.4, -0.2) is 20.0 Å². The fourth-order valence-electron chi connectivity index (χ4n) is 0.624. The Kier molecular flexibility index (Phi) is 5.79. The van der Waals surface area contributed by atoms with Crippen molar-refractivity contribution >= 4 is 20.0 Å². The van der Waals surface area contributed by atoms with E-state index in [0.717, 1.165) is 0 Å². The Morgan fingerprint density at radius 2 is 2.00 bits per heavy atom. The predicted octanol–water partition coefficient (Wildman–Crippen LogP) is 1.93. The van der Waals surface area contributed by atoms with E-state index in [-0.39, 0.29) is 0 Å². The zero-order valence-corrected chi connectivity index (χ0v) is 7.45. The van der Waals surface area contributed by atoms with Gasteiger partial charge in [0.2, 0.25) is 0 Å². The molecule has 0 saturated heterocycles. The SMILES string of the molecule is CCCCCC(C)=[Se]. The van der Waals surface area contributed by atoms with Gasteiger partial charge in [-0.3, -0.25) is 0 Å². The fourth-order valence-corrected chi connectivity index (χ4v) is 0.927. The maximum atomic E-state index is 3.02. The van der Waals surface area contributed by atoms with Crippen LogP contribution >= 0.6 is 0 Å². The molecule has 0 atom stereocenters. The molecule has 1 heteroatoms. The van der Waals surface area contributed by atoms with Crippen LogP contribution < -0.4 is 0 Å². The van der Waals surface area contributed by atoms with Gasteiger partial charge >= 0.3 is 59.5 Å². The summed E-state index contributed by atoms with van der Waals surface area (Å²) in [5.41, 5.74) is 0. The van der Waals surface area contributed by atoms with Crippen molar-refractivity contribution < 1.29 is 0 Å². The first-order chi connectivity index (χ1) is 3.77. The average Bonchev–Trinajstić information content (AvgIpc) is 1.66. The van der Waals surface area contributed by atoms with Gasteiger partial charge in [-0.15, -0.1) is 0 Å². The number of hydrogen-bond donors (Lipinski definition) is 0. The first kappa shape index (κ1) is 8.39. The van der Waals surface area contributed by atoms with Crippen molar-refractivity contribution in [3.63, 3.8) is 0 Å². The van der Waals surface area contributed by atoms with E-state index in [4.69, 9.17) is 0 Å². The van der Waals surface area contributed by atoms with Gasteiger partial charge in [0.25, 0.3) is 0 Å². The molecule has 0 saturated carbocycles. The molecule has 0 fully saturated rings. The van der Waals surface area contributed by atoms with Crippen molar-refractivity contribution in [3.8, 4) is 0 Å². The van der Waals surface area contributed by atoms with Crippen molar-refractivity contribution in [1.29, 1.82) is 0 Å². The molecule has 0 aromatic heterocycles. The molecule has 0 radical (unpaired) electrons. The van der Waals surface area contributed by atoms with Crippen molar-refractivity contribution in [2.75, 3.05) is 0 Å². The third kappa shape index (κ3) is 6.39. The maximum absolute atomic E-state index is 3.02. The van der Waals surface area contributed by atoms with Crippen molar-refractivity contribution in [2.45, 2.75) is 39.5 Å². The van der Waals surface area contributed by atoms with Gasteiger partial charge in [-0.1, -0.05) is 0 Å². The zero-order chi connectivity index (χ0) is 6.41. The van der Waals surface area contributed by atoms with E-state index in [1.54, 1.807) is 0 Å². The predicted molar refractivity (Wildman–Crippen MR) is 40.6 cm³/mol. The van der Waals surface area contributed by atoms with Gasteiger partial charge in [0.1, 0.15) is 0 Å². The Labute approximate surface area is 60.0 Å². The van der Waals surface area contributed by atoms with Crippen LogP contribution in [0.25, 0.3) is 0 Å². The molecule has 0 nitrogen and oxygen atoms in total. The molecule has 0 spiro atoms. The van der Waals surface area contributed by atoms with Crippen molar-refractivity contribution in [1.82, 2.24) is 0 Å². The molecular weight excluding hydrogens is 163 g/mol. The van der Waals surface area contributed by atoms with E-state index in [1.165, 1.54) is 30.1 Å². The summed E-state index contributed by atoms with van der Waals surface area (Å²) < 4.78 is 1.44. The van der Waals surface area contributed by atoms with Crippen LogP contribution in [-0.2, 0) is 0 Å². The van der Waals surface area contributed by atoms with Gasteiger partial charge < -0.3 is 0 Å². The topological polar surface area (TPSA) is 0 Å². The van der Waals surface area contributed by atoms with Gasteiger partial charge in [-0.05, 0) is 0 Å². The van der Waals surface area contributed by atoms with E-state index >= 15 is 0 Å². The van der Waals surface area contributed by atoms with Crippen LogP contribution in [0.5, 0.6) is 0 Å². The molecule has 8 heavy (non-hydrogen) atoms. The molecule has 0 aromatic carbocycles. The molecule has 0 heterocycles. The molecule has 48 valence electrons. The summed E-state index contributed by atoms with van der Waals surface area (Å²) in [6.07, 6.45) is 5.33. The Bertz CT molecular complexity index is 66.8. The van der Waals surface area contributed by atoms with Crippen LogP contribution in [0.4, 0.5) is 0 Å². The Morgan fingerprint density at radius 1 is 1.38 bits per heavy atom. The summed E-state index contributed by atoms with van der Waals surface area (Å²) in [5, 5.41) is 0. The molecule has 0 bridgehead atoms. The molecule has 0 N–H and O–H groups in total. The summed E-state index contributed by atoms with van der Waals surface area (Å²) >= 11 is 3.02. The van der Waals surface area contributed by atoms with Crippen molar-refractivity contribution in [3.05, 3.63) is 0 Å². The Hall–Kier alpha value is 0.389.